The van der Waals surface area contributed by atoms with Gasteiger partial charge in [0.2, 0.25) is 0 Å². The smallest absolute Gasteiger partial charge is 0.263 e. The quantitative estimate of drug-likeness (QED) is 0.829. The minimum atomic E-state index is -2.40. The second-order valence-electron chi connectivity index (χ2n) is 5.17. The number of thiophene rings is 1. The Morgan fingerprint density at radius 2 is 1.86 bits per heavy atom. The first-order valence-electron chi connectivity index (χ1n) is 6.85. The third-order valence-corrected chi connectivity index (χ3v) is 4.37. The summed E-state index contributed by atoms with van der Waals surface area (Å²) < 4.78 is 25.0. The summed E-state index contributed by atoms with van der Waals surface area (Å²) in [6, 6.07) is 11.0. The number of halogens is 2. The molecule has 5 heteroatoms. The molecule has 0 radical (unpaired) electrons. The molecule has 0 spiro atoms. The van der Waals surface area contributed by atoms with Crippen LogP contribution in [0.15, 0.2) is 41.8 Å². The summed E-state index contributed by atoms with van der Waals surface area (Å²) in [6.07, 6.45) is -2.40. The van der Waals surface area contributed by atoms with E-state index in [0.29, 0.717) is 12.6 Å². The lowest BCUT2D eigenvalue weighted by molar-refractivity contribution is 0.151. The van der Waals surface area contributed by atoms with E-state index in [1.807, 2.05) is 0 Å². The predicted molar refractivity (Wildman–Crippen MR) is 83.9 cm³/mol. The minimum absolute atomic E-state index is 0.0727. The van der Waals surface area contributed by atoms with Crippen molar-refractivity contribution in [2.24, 2.45) is 0 Å². The Morgan fingerprint density at radius 3 is 2.38 bits per heavy atom. The van der Waals surface area contributed by atoms with Crippen LogP contribution in [0.1, 0.15) is 28.5 Å². The fraction of sp³-hybridized carbons (Fsp3) is 0.375. The molecule has 1 aromatic heterocycles. The van der Waals surface area contributed by atoms with Crippen LogP contribution < -0.4 is 5.32 Å². The first-order valence-corrected chi connectivity index (χ1v) is 7.73. The van der Waals surface area contributed by atoms with Gasteiger partial charge in [-0.15, -0.1) is 11.3 Å². The molecule has 1 unspecified atom stereocenters. The number of nitrogens with one attached hydrogen (secondary N) is 1. The molecule has 2 aromatic rings. The van der Waals surface area contributed by atoms with Crippen molar-refractivity contribution in [3.8, 4) is 0 Å². The molecular formula is C16H20F2N2S. The van der Waals surface area contributed by atoms with E-state index in [0.717, 1.165) is 12.1 Å². The number of rotatable bonds is 7. The van der Waals surface area contributed by atoms with Crippen LogP contribution in [0.5, 0.6) is 0 Å². The second-order valence-corrected chi connectivity index (χ2v) is 6.15. The van der Waals surface area contributed by atoms with Gasteiger partial charge in [0.25, 0.3) is 6.43 Å². The summed E-state index contributed by atoms with van der Waals surface area (Å²) in [6.45, 7) is 1.50. The summed E-state index contributed by atoms with van der Waals surface area (Å²) >= 11 is 1.75. The van der Waals surface area contributed by atoms with Gasteiger partial charge < -0.3 is 10.2 Å². The SMILES string of the molecule is CN(C)C(CNCc1ccc(C(F)F)cc1)c1cccs1. The average Bonchev–Trinajstić information content (AvgIpc) is 2.97. The van der Waals surface area contributed by atoms with Crippen molar-refractivity contribution < 1.29 is 8.78 Å². The molecule has 0 bridgehead atoms. The Kier molecular flexibility index (Phi) is 5.85. The van der Waals surface area contributed by atoms with Gasteiger partial charge in [0, 0.05) is 23.5 Å². The highest BCUT2D eigenvalue weighted by atomic mass is 32.1. The average molecular weight is 310 g/mol. The number of alkyl halides is 2. The lowest BCUT2D eigenvalue weighted by Gasteiger charge is -2.23. The molecule has 0 aliphatic carbocycles. The van der Waals surface area contributed by atoms with Crippen LogP contribution in [-0.4, -0.2) is 25.5 Å². The molecule has 0 fully saturated rings. The van der Waals surface area contributed by atoms with Crippen LogP contribution in [0.3, 0.4) is 0 Å². The molecule has 0 saturated heterocycles. The summed E-state index contributed by atoms with van der Waals surface area (Å²) in [5.41, 5.74) is 1.09. The first-order chi connectivity index (χ1) is 10.1. The van der Waals surface area contributed by atoms with Gasteiger partial charge >= 0.3 is 0 Å². The molecule has 2 rings (SSSR count). The highest BCUT2D eigenvalue weighted by molar-refractivity contribution is 7.10. The van der Waals surface area contributed by atoms with Gasteiger partial charge in [0.05, 0.1) is 6.04 Å². The van der Waals surface area contributed by atoms with Gasteiger partial charge in [0.15, 0.2) is 0 Å². The van der Waals surface area contributed by atoms with Crippen molar-refractivity contribution in [3.63, 3.8) is 0 Å². The molecule has 0 aliphatic rings. The molecule has 114 valence electrons. The Labute approximate surface area is 128 Å². The molecule has 21 heavy (non-hydrogen) atoms. The Bertz CT molecular complexity index is 524. The molecule has 0 saturated carbocycles. The van der Waals surface area contributed by atoms with Gasteiger partial charge in [-0.3, -0.25) is 0 Å². The van der Waals surface area contributed by atoms with Gasteiger partial charge in [0.1, 0.15) is 0 Å². The van der Waals surface area contributed by atoms with Crippen LogP contribution in [0.25, 0.3) is 0 Å². The maximum Gasteiger partial charge on any atom is 0.263 e. The van der Waals surface area contributed by atoms with Crippen LogP contribution in [0.2, 0.25) is 0 Å². The molecule has 1 aromatic carbocycles. The zero-order valence-corrected chi connectivity index (χ0v) is 13.0. The van der Waals surface area contributed by atoms with E-state index in [-0.39, 0.29) is 5.56 Å². The second kappa shape index (κ2) is 7.64. The van der Waals surface area contributed by atoms with Gasteiger partial charge in [-0.05, 0) is 31.1 Å². The van der Waals surface area contributed by atoms with Crippen molar-refractivity contribution in [1.29, 1.82) is 0 Å². The highest BCUT2D eigenvalue weighted by Gasteiger charge is 2.14. The van der Waals surface area contributed by atoms with E-state index < -0.39 is 6.43 Å². The minimum Gasteiger partial charge on any atom is -0.311 e. The van der Waals surface area contributed by atoms with Crippen molar-refractivity contribution in [3.05, 3.63) is 57.8 Å². The summed E-state index contributed by atoms with van der Waals surface area (Å²) in [4.78, 5) is 3.50. The van der Waals surface area contributed by atoms with E-state index in [2.05, 4.69) is 41.8 Å². The number of nitrogens with zero attached hydrogens (tertiary/aromatic N) is 1. The van der Waals surface area contributed by atoms with E-state index >= 15 is 0 Å². The van der Waals surface area contributed by atoms with Crippen molar-refractivity contribution in [2.75, 3.05) is 20.6 Å². The van der Waals surface area contributed by atoms with Gasteiger partial charge in [-0.1, -0.05) is 30.3 Å². The molecular weight excluding hydrogens is 290 g/mol. The molecule has 1 atom stereocenters. The van der Waals surface area contributed by atoms with Crippen LogP contribution in [0, 0.1) is 0 Å². The topological polar surface area (TPSA) is 15.3 Å². The van der Waals surface area contributed by atoms with Gasteiger partial charge in [-0.25, -0.2) is 8.78 Å². The lowest BCUT2D eigenvalue weighted by atomic mass is 10.1. The van der Waals surface area contributed by atoms with Crippen LogP contribution >= 0.6 is 11.3 Å². The van der Waals surface area contributed by atoms with Crippen LogP contribution in [-0.2, 0) is 6.54 Å². The van der Waals surface area contributed by atoms with E-state index in [4.69, 9.17) is 0 Å². The fourth-order valence-electron chi connectivity index (χ4n) is 2.15. The number of hydrogen-bond acceptors (Lipinski definition) is 3. The number of likely N-dealkylation sites (N-methyl/N-ethyl adjacent to an activating group) is 1. The fourth-order valence-corrected chi connectivity index (χ4v) is 3.08. The molecule has 2 nitrogen and oxygen atoms in total. The number of hydrogen-bond donors (Lipinski definition) is 1. The maximum absolute atomic E-state index is 12.5. The van der Waals surface area contributed by atoms with Crippen molar-refractivity contribution >= 4 is 11.3 Å². The Hall–Kier alpha value is -1.30. The zero-order valence-electron chi connectivity index (χ0n) is 12.2. The third kappa shape index (κ3) is 4.59. The predicted octanol–water partition coefficient (Wildman–Crippen LogP) is 4.08. The molecule has 1 N–H and O–H groups in total. The van der Waals surface area contributed by atoms with E-state index in [9.17, 15) is 8.78 Å². The summed E-state index contributed by atoms with van der Waals surface area (Å²) in [5.74, 6) is 0. The molecule has 0 aliphatic heterocycles. The molecule has 0 amide bonds. The summed E-state index contributed by atoms with van der Waals surface area (Å²) in [7, 11) is 4.12. The van der Waals surface area contributed by atoms with E-state index in [1.165, 1.54) is 17.0 Å². The highest BCUT2D eigenvalue weighted by Crippen LogP contribution is 2.22. The monoisotopic (exact) mass is 310 g/mol. The zero-order chi connectivity index (χ0) is 15.2. The Morgan fingerprint density at radius 1 is 1.14 bits per heavy atom. The standard InChI is InChI=1S/C16H20F2N2S/c1-20(2)14(15-4-3-9-21-15)11-19-10-12-5-7-13(8-6-12)16(17)18/h3-9,14,16,19H,10-11H2,1-2H3. The van der Waals surface area contributed by atoms with Crippen molar-refractivity contribution in [2.45, 2.75) is 19.0 Å². The first kappa shape index (κ1) is 16.1. The molecule has 1 heterocycles. The lowest BCUT2D eigenvalue weighted by Crippen LogP contribution is -2.30. The maximum atomic E-state index is 12.5. The van der Waals surface area contributed by atoms with Crippen molar-refractivity contribution in [1.82, 2.24) is 10.2 Å². The summed E-state index contributed by atoms with van der Waals surface area (Å²) in [5, 5.41) is 5.48. The van der Waals surface area contributed by atoms with Crippen LogP contribution in [0.4, 0.5) is 8.78 Å². The largest absolute Gasteiger partial charge is 0.311 e. The normalized spacial score (nSPS) is 13.0. The number of benzene rings is 1. The third-order valence-electron chi connectivity index (χ3n) is 3.39. The van der Waals surface area contributed by atoms with E-state index in [1.54, 1.807) is 23.5 Å². The Balaban J connectivity index is 1.87. The van der Waals surface area contributed by atoms with Gasteiger partial charge in [-0.2, -0.15) is 0 Å².